The van der Waals surface area contributed by atoms with E-state index >= 15 is 0 Å². The minimum atomic E-state index is -4.84. The third-order valence-corrected chi connectivity index (χ3v) is 0.809. The van der Waals surface area contributed by atoms with Crippen LogP contribution in [-0.4, -0.2) is 12.0 Å². The van der Waals surface area contributed by atoms with Crippen LogP contribution in [0.25, 0.3) is 0 Å². The van der Waals surface area contributed by atoms with E-state index in [1.807, 2.05) is 0 Å². The van der Waals surface area contributed by atoms with Crippen LogP contribution in [0.2, 0.25) is 0 Å². The van der Waals surface area contributed by atoms with Crippen molar-refractivity contribution in [3.05, 3.63) is 24.3 Å². The average Bonchev–Trinajstić information content (AvgIpc) is 1.96. The molecule has 0 aliphatic heterocycles. The molecule has 64 valence electrons. The largest absolute Gasteiger partial charge is 0.454 e. The van der Waals surface area contributed by atoms with Gasteiger partial charge in [0.1, 0.15) is 0 Å². The number of rotatable bonds is 2. The molecule has 0 saturated carbocycles. The molecule has 0 N–H and O–H groups in total. The van der Waals surface area contributed by atoms with Crippen molar-refractivity contribution in [3.8, 4) is 6.07 Å². The first-order chi connectivity index (χ1) is 5.48. The molecule has 0 aromatic heterocycles. The molecule has 0 aliphatic rings. The predicted octanol–water partition coefficient (Wildman–Crippen LogP) is 1.75. The second-order valence-electron chi connectivity index (χ2n) is 1.71. The summed E-state index contributed by atoms with van der Waals surface area (Å²) in [7, 11) is 0. The molecule has 0 aromatic rings. The summed E-state index contributed by atoms with van der Waals surface area (Å²) in [4.78, 5) is 10.1. The first-order valence-corrected chi connectivity index (χ1v) is 2.82. The number of hydrogen-bond acceptors (Lipinski definition) is 2. The van der Waals surface area contributed by atoms with Gasteiger partial charge in [-0.1, -0.05) is 12.2 Å². The van der Waals surface area contributed by atoms with Crippen molar-refractivity contribution in [2.75, 3.05) is 0 Å². The van der Waals surface area contributed by atoms with E-state index in [-0.39, 0.29) is 0 Å². The molecule has 0 saturated heterocycles. The minimum Gasteiger partial charge on any atom is -0.285 e. The van der Waals surface area contributed by atoms with Crippen LogP contribution in [-0.2, 0) is 4.79 Å². The second-order valence-corrected chi connectivity index (χ2v) is 1.71. The maximum absolute atomic E-state index is 11.5. The number of hydrogen-bond donors (Lipinski definition) is 0. The van der Waals surface area contributed by atoms with Crippen LogP contribution in [0.3, 0.4) is 0 Å². The Labute approximate surface area is 66.6 Å². The van der Waals surface area contributed by atoms with Crippen molar-refractivity contribution in [1.29, 1.82) is 5.26 Å². The lowest BCUT2D eigenvalue weighted by Crippen LogP contribution is -2.19. The molecular weight excluding hydrogens is 171 g/mol. The fourth-order valence-corrected chi connectivity index (χ4v) is 0.336. The van der Waals surface area contributed by atoms with Crippen LogP contribution in [0, 0.1) is 11.3 Å². The predicted molar refractivity (Wildman–Crippen MR) is 35.0 cm³/mol. The van der Waals surface area contributed by atoms with Crippen LogP contribution in [0.4, 0.5) is 13.2 Å². The summed E-state index contributed by atoms with van der Waals surface area (Å²) < 4.78 is 34.4. The lowest BCUT2D eigenvalue weighted by Gasteiger charge is -1.97. The maximum atomic E-state index is 11.5. The number of nitrogens with zero attached hydrogens (tertiary/aromatic N) is 1. The Hall–Kier alpha value is -1.57. The van der Waals surface area contributed by atoms with Gasteiger partial charge in [0.25, 0.3) is 5.78 Å². The SMILES string of the molecule is N#C/C=C/C=C/C(=O)C(F)(F)F. The molecule has 0 amide bonds. The number of halogens is 3. The van der Waals surface area contributed by atoms with Gasteiger partial charge < -0.3 is 0 Å². The highest BCUT2D eigenvalue weighted by atomic mass is 19.4. The third-order valence-electron chi connectivity index (χ3n) is 0.809. The van der Waals surface area contributed by atoms with Crippen molar-refractivity contribution in [2.45, 2.75) is 6.18 Å². The molecule has 0 atom stereocenters. The highest BCUT2D eigenvalue weighted by Gasteiger charge is 2.35. The van der Waals surface area contributed by atoms with Crippen LogP contribution >= 0.6 is 0 Å². The van der Waals surface area contributed by atoms with Gasteiger partial charge in [-0.2, -0.15) is 18.4 Å². The van der Waals surface area contributed by atoms with Gasteiger partial charge in [0.15, 0.2) is 0 Å². The second kappa shape index (κ2) is 4.34. The lowest BCUT2D eigenvalue weighted by molar-refractivity contribution is -0.165. The molecule has 0 fully saturated rings. The summed E-state index contributed by atoms with van der Waals surface area (Å²) in [5, 5.41) is 7.91. The lowest BCUT2D eigenvalue weighted by atomic mass is 10.3. The number of carbonyl (C=O) groups excluding carboxylic acids is 1. The standard InChI is InChI=1S/C7H4F3NO/c8-7(9,10)6(12)4-2-1-3-5-11/h1-4H/b3-1+,4-2+. The van der Waals surface area contributed by atoms with Crippen LogP contribution in [0.5, 0.6) is 0 Å². The number of allylic oxidation sites excluding steroid dienone is 4. The zero-order valence-corrected chi connectivity index (χ0v) is 5.80. The van der Waals surface area contributed by atoms with Gasteiger partial charge >= 0.3 is 6.18 Å². The van der Waals surface area contributed by atoms with Gasteiger partial charge in [0.05, 0.1) is 6.07 Å². The van der Waals surface area contributed by atoms with Gasteiger partial charge in [0, 0.05) is 6.08 Å². The number of nitriles is 1. The smallest absolute Gasteiger partial charge is 0.285 e. The summed E-state index contributed by atoms with van der Waals surface area (Å²) in [5.41, 5.74) is 0. The maximum Gasteiger partial charge on any atom is 0.454 e. The van der Waals surface area contributed by atoms with Gasteiger partial charge in [-0.25, -0.2) is 0 Å². The summed E-state index contributed by atoms with van der Waals surface area (Å²) in [6, 6.07) is 1.56. The van der Waals surface area contributed by atoms with Gasteiger partial charge in [0.2, 0.25) is 0 Å². The molecule has 0 radical (unpaired) electrons. The zero-order valence-electron chi connectivity index (χ0n) is 5.80. The first-order valence-electron chi connectivity index (χ1n) is 2.82. The van der Waals surface area contributed by atoms with E-state index in [1.165, 1.54) is 0 Å². The van der Waals surface area contributed by atoms with E-state index in [0.717, 1.165) is 18.2 Å². The van der Waals surface area contributed by atoms with Crippen molar-refractivity contribution in [1.82, 2.24) is 0 Å². The fourth-order valence-electron chi connectivity index (χ4n) is 0.336. The van der Waals surface area contributed by atoms with Crippen LogP contribution in [0.1, 0.15) is 0 Å². The minimum absolute atomic E-state index is 0.355. The molecule has 12 heavy (non-hydrogen) atoms. The summed E-state index contributed by atoms with van der Waals surface area (Å²) in [6.07, 6.45) is -1.62. The van der Waals surface area contributed by atoms with Gasteiger partial charge in [-0.3, -0.25) is 4.79 Å². The number of carbonyl (C=O) groups is 1. The topological polar surface area (TPSA) is 40.9 Å². The Morgan fingerprint density at radius 1 is 1.33 bits per heavy atom. The monoisotopic (exact) mass is 175 g/mol. The van der Waals surface area contributed by atoms with Crippen molar-refractivity contribution >= 4 is 5.78 Å². The normalized spacial score (nSPS) is 12.2. The van der Waals surface area contributed by atoms with E-state index in [0.29, 0.717) is 6.08 Å². The molecule has 0 rings (SSSR count). The van der Waals surface area contributed by atoms with E-state index in [4.69, 9.17) is 5.26 Å². The molecular formula is C7H4F3NO. The molecule has 5 heteroatoms. The zero-order chi connectivity index (χ0) is 9.61. The molecule has 0 aliphatic carbocycles. The Balaban J connectivity index is 4.13. The quantitative estimate of drug-likeness (QED) is 0.364. The van der Waals surface area contributed by atoms with Crippen molar-refractivity contribution in [2.24, 2.45) is 0 Å². The Morgan fingerprint density at radius 2 is 1.92 bits per heavy atom. The fraction of sp³-hybridized carbons (Fsp3) is 0.143. The van der Waals surface area contributed by atoms with E-state index in [2.05, 4.69) is 0 Å². The molecule has 2 nitrogen and oxygen atoms in total. The average molecular weight is 175 g/mol. The number of ketones is 1. The molecule has 0 heterocycles. The summed E-state index contributed by atoms with van der Waals surface area (Å²) >= 11 is 0. The highest BCUT2D eigenvalue weighted by molar-refractivity contribution is 5.94. The molecule has 0 spiro atoms. The van der Waals surface area contributed by atoms with Crippen molar-refractivity contribution in [3.63, 3.8) is 0 Å². The highest BCUT2D eigenvalue weighted by Crippen LogP contribution is 2.16. The molecule has 0 aromatic carbocycles. The van der Waals surface area contributed by atoms with Gasteiger partial charge in [-0.05, 0) is 6.08 Å². The van der Waals surface area contributed by atoms with Crippen LogP contribution in [0.15, 0.2) is 24.3 Å². The number of alkyl halides is 3. The Morgan fingerprint density at radius 3 is 2.33 bits per heavy atom. The third kappa shape index (κ3) is 4.28. The van der Waals surface area contributed by atoms with E-state index in [9.17, 15) is 18.0 Å². The summed E-state index contributed by atoms with van der Waals surface area (Å²) in [5.74, 6) is -1.94. The summed E-state index contributed by atoms with van der Waals surface area (Å²) in [6.45, 7) is 0. The van der Waals surface area contributed by atoms with Crippen molar-refractivity contribution < 1.29 is 18.0 Å². The van der Waals surface area contributed by atoms with Gasteiger partial charge in [-0.15, -0.1) is 0 Å². The first kappa shape index (κ1) is 10.4. The Bertz CT molecular complexity index is 257. The Kier molecular flexibility index (Phi) is 3.77. The van der Waals surface area contributed by atoms with Crippen LogP contribution < -0.4 is 0 Å². The molecule has 0 bridgehead atoms. The molecule has 0 unspecified atom stereocenters. The van der Waals surface area contributed by atoms with E-state index in [1.54, 1.807) is 6.07 Å². The van der Waals surface area contributed by atoms with E-state index < -0.39 is 12.0 Å².